The van der Waals surface area contributed by atoms with Crippen LogP contribution < -0.4 is 4.74 Å². The molecule has 0 radical (unpaired) electrons. The highest BCUT2D eigenvalue weighted by atomic mass is 16.5. The molecule has 4 bridgehead atoms. The van der Waals surface area contributed by atoms with Crippen LogP contribution >= 0.6 is 0 Å². The van der Waals surface area contributed by atoms with E-state index >= 15 is 0 Å². The number of morpholine rings is 1. The third-order valence-corrected chi connectivity index (χ3v) is 8.10. The second-order valence-electron chi connectivity index (χ2n) is 10.1. The lowest BCUT2D eigenvalue weighted by Crippen LogP contribution is -2.70. The van der Waals surface area contributed by atoms with E-state index in [0.29, 0.717) is 44.6 Å². The van der Waals surface area contributed by atoms with Gasteiger partial charge in [0, 0.05) is 37.1 Å². The molecule has 2 atom stereocenters. The normalized spacial score (nSPS) is 33.4. The number of amides is 2. The van der Waals surface area contributed by atoms with E-state index in [1.165, 1.54) is 0 Å². The molecule has 8 heteroatoms. The molecule has 4 aliphatic heterocycles. The summed E-state index contributed by atoms with van der Waals surface area (Å²) in [5.74, 6) is 1.06. The SMILES string of the molecule is C=[N+]1C(=O)COCC12CCCN1C(=O)CCCCOc3cccc(n3)[C@H]3CC[C@H](CC3)OCC12. The Morgan fingerprint density at radius 2 is 1.97 bits per heavy atom. The standard InChI is InChI=1S/C26H36N3O5/c1-28-25(31)17-32-18-26(28)13-5-14-29-22(26)16-34-20-11-9-19(10-12-20)21-6-4-7-23(27-21)33-15-3-2-8-24(29)30/h4,6-7,19-20,22H,1-3,5,8-18H2/q+1/t19-,20+,22?,26?. The van der Waals surface area contributed by atoms with Crippen molar-refractivity contribution in [1.82, 2.24) is 9.88 Å². The Labute approximate surface area is 201 Å². The van der Waals surface area contributed by atoms with Gasteiger partial charge in [-0.15, -0.1) is 0 Å². The Kier molecular flexibility index (Phi) is 6.97. The first-order chi connectivity index (χ1) is 16.6. The number of ether oxygens (including phenoxy) is 3. The molecule has 1 spiro atoms. The fourth-order valence-corrected chi connectivity index (χ4v) is 6.10. The Morgan fingerprint density at radius 3 is 2.82 bits per heavy atom. The number of pyridine rings is 1. The van der Waals surface area contributed by atoms with Crippen LogP contribution in [0.1, 0.15) is 69.4 Å². The maximum Gasteiger partial charge on any atom is 0.412 e. The first kappa shape index (κ1) is 23.4. The second kappa shape index (κ2) is 10.1. The number of hydrogen-bond donors (Lipinski definition) is 0. The predicted octanol–water partition coefficient (Wildman–Crippen LogP) is 2.69. The number of fused-ring (bicyclic) bond motifs is 8. The van der Waals surface area contributed by atoms with Crippen LogP contribution in [0.25, 0.3) is 0 Å². The summed E-state index contributed by atoms with van der Waals surface area (Å²) >= 11 is 0. The molecule has 2 unspecified atom stereocenters. The van der Waals surface area contributed by atoms with Gasteiger partial charge in [-0.05, 0) is 51.0 Å². The van der Waals surface area contributed by atoms with Crippen molar-refractivity contribution >= 4 is 18.5 Å². The van der Waals surface area contributed by atoms with Crippen LogP contribution in [0.3, 0.4) is 0 Å². The van der Waals surface area contributed by atoms with E-state index in [0.717, 1.165) is 57.1 Å². The number of carbonyl (C=O) groups is 2. The van der Waals surface area contributed by atoms with Crippen molar-refractivity contribution < 1.29 is 28.4 Å². The van der Waals surface area contributed by atoms with Crippen LogP contribution in [0.4, 0.5) is 0 Å². The van der Waals surface area contributed by atoms with E-state index in [-0.39, 0.29) is 30.6 Å². The maximum absolute atomic E-state index is 13.4. The van der Waals surface area contributed by atoms with Gasteiger partial charge in [0.15, 0.2) is 6.61 Å². The third-order valence-electron chi connectivity index (χ3n) is 8.10. The molecule has 1 aliphatic carbocycles. The lowest BCUT2D eigenvalue weighted by molar-refractivity contribution is -0.560. The molecule has 2 saturated heterocycles. The molecular weight excluding hydrogens is 434 g/mol. The van der Waals surface area contributed by atoms with Crippen molar-refractivity contribution in [3.05, 3.63) is 23.9 Å². The van der Waals surface area contributed by atoms with Crippen LogP contribution in [0.2, 0.25) is 0 Å². The topological polar surface area (TPSA) is 81.0 Å². The van der Waals surface area contributed by atoms with E-state index < -0.39 is 5.54 Å². The summed E-state index contributed by atoms with van der Waals surface area (Å²) in [5, 5.41) is 0. The van der Waals surface area contributed by atoms with E-state index in [1.54, 1.807) is 4.58 Å². The zero-order valence-electron chi connectivity index (χ0n) is 20.0. The molecule has 3 fully saturated rings. The lowest BCUT2D eigenvalue weighted by atomic mass is 9.79. The average Bonchev–Trinajstić information content (AvgIpc) is 2.86. The highest BCUT2D eigenvalue weighted by Gasteiger charge is 2.58. The van der Waals surface area contributed by atoms with Crippen molar-refractivity contribution in [3.63, 3.8) is 0 Å². The van der Waals surface area contributed by atoms with Crippen molar-refractivity contribution in [2.75, 3.05) is 33.0 Å². The first-order valence-electron chi connectivity index (χ1n) is 12.8. The van der Waals surface area contributed by atoms with Gasteiger partial charge in [-0.25, -0.2) is 9.78 Å². The zero-order valence-corrected chi connectivity index (χ0v) is 20.0. The Morgan fingerprint density at radius 1 is 1.12 bits per heavy atom. The monoisotopic (exact) mass is 470 g/mol. The zero-order chi connectivity index (χ0) is 23.5. The van der Waals surface area contributed by atoms with E-state index in [1.807, 2.05) is 17.0 Å². The average molecular weight is 471 g/mol. The summed E-state index contributed by atoms with van der Waals surface area (Å²) < 4.78 is 19.7. The number of aromatic nitrogens is 1. The minimum atomic E-state index is -0.629. The van der Waals surface area contributed by atoms with Crippen molar-refractivity contribution in [2.24, 2.45) is 0 Å². The summed E-state index contributed by atoms with van der Waals surface area (Å²) in [7, 11) is 0. The number of piperidine rings is 1. The number of nitrogens with zero attached hydrogens (tertiary/aromatic N) is 3. The molecule has 5 aliphatic rings. The molecule has 0 N–H and O–H groups in total. The van der Waals surface area contributed by atoms with Gasteiger partial charge in [-0.3, -0.25) is 4.79 Å². The van der Waals surface area contributed by atoms with Gasteiger partial charge < -0.3 is 19.1 Å². The summed E-state index contributed by atoms with van der Waals surface area (Å²) in [4.78, 5) is 32.6. The second-order valence-corrected chi connectivity index (χ2v) is 10.1. The van der Waals surface area contributed by atoms with E-state index in [2.05, 4.69) is 12.8 Å². The van der Waals surface area contributed by atoms with E-state index in [4.69, 9.17) is 19.2 Å². The number of carbonyl (C=O) groups excluding carboxylic acids is 2. The fraction of sp³-hybridized carbons (Fsp3) is 0.692. The smallest absolute Gasteiger partial charge is 0.412 e. The fourth-order valence-electron chi connectivity index (χ4n) is 6.10. The molecule has 0 aromatic carbocycles. The van der Waals surface area contributed by atoms with Gasteiger partial charge in [0.25, 0.3) is 0 Å². The van der Waals surface area contributed by atoms with E-state index in [9.17, 15) is 9.59 Å². The number of rotatable bonds is 0. The van der Waals surface area contributed by atoms with Crippen LogP contribution in [0.15, 0.2) is 18.2 Å². The molecule has 1 aromatic rings. The molecule has 1 saturated carbocycles. The highest BCUT2D eigenvalue weighted by molar-refractivity contribution is 5.77. The quantitative estimate of drug-likeness (QED) is 0.543. The highest BCUT2D eigenvalue weighted by Crippen LogP contribution is 2.37. The van der Waals surface area contributed by atoms with Gasteiger partial charge in [-0.2, -0.15) is 4.58 Å². The van der Waals surface area contributed by atoms with Gasteiger partial charge in [-0.1, -0.05) is 6.07 Å². The molecular formula is C26H36N3O5+. The summed E-state index contributed by atoms with van der Waals surface area (Å²) in [6.07, 6.45) is 7.63. The summed E-state index contributed by atoms with van der Waals surface area (Å²) in [5.41, 5.74) is 0.466. The van der Waals surface area contributed by atoms with Crippen molar-refractivity contribution in [1.29, 1.82) is 0 Å². The largest absolute Gasteiger partial charge is 0.478 e. The van der Waals surface area contributed by atoms with Gasteiger partial charge in [0.1, 0.15) is 19.4 Å². The van der Waals surface area contributed by atoms with Gasteiger partial charge >= 0.3 is 5.91 Å². The van der Waals surface area contributed by atoms with Crippen LogP contribution in [-0.4, -0.2) is 83.6 Å². The van der Waals surface area contributed by atoms with Crippen LogP contribution in [0, 0.1) is 0 Å². The molecule has 6 rings (SSSR count). The minimum absolute atomic E-state index is 0.0472. The summed E-state index contributed by atoms with van der Waals surface area (Å²) in [6, 6.07) is 5.77. The lowest BCUT2D eigenvalue weighted by Gasteiger charge is -2.47. The van der Waals surface area contributed by atoms with Crippen molar-refractivity contribution in [3.8, 4) is 5.88 Å². The Hall–Kier alpha value is -2.32. The Balaban J connectivity index is 1.38. The Bertz CT molecular complexity index is 925. The minimum Gasteiger partial charge on any atom is -0.478 e. The van der Waals surface area contributed by atoms with Crippen molar-refractivity contribution in [2.45, 2.75) is 81.4 Å². The first-order valence-corrected chi connectivity index (χ1v) is 12.8. The van der Waals surface area contributed by atoms with Crippen LogP contribution in [-0.2, 0) is 19.1 Å². The van der Waals surface area contributed by atoms with Gasteiger partial charge in [0.2, 0.25) is 17.3 Å². The molecule has 8 nitrogen and oxygen atoms in total. The van der Waals surface area contributed by atoms with Crippen LogP contribution in [0.5, 0.6) is 5.88 Å². The molecule has 2 amide bonds. The third kappa shape index (κ3) is 4.62. The van der Waals surface area contributed by atoms with Gasteiger partial charge in [0.05, 0.1) is 19.3 Å². The molecule has 1 aromatic heterocycles. The molecule has 34 heavy (non-hydrogen) atoms. The molecule has 5 heterocycles. The predicted molar refractivity (Wildman–Crippen MR) is 125 cm³/mol. The summed E-state index contributed by atoms with van der Waals surface area (Å²) in [6.45, 7) is 6.17. The maximum atomic E-state index is 13.4. The molecule has 184 valence electrons. The number of hydrogen-bond acceptors (Lipinski definition) is 6.